The standard InChI is InChI=1S/C16H16ClFINO3/c1-2-23-16(22)11-8-20-14-9(5-3-4-6-19)13(17)12(18)7-10(14)15(11)21/h7-8H,2-6H2,1H3,(H,20,21). The van der Waals surface area contributed by atoms with E-state index in [0.717, 1.165) is 23.3 Å². The minimum atomic E-state index is -0.725. The highest BCUT2D eigenvalue weighted by molar-refractivity contribution is 14.1. The number of esters is 1. The van der Waals surface area contributed by atoms with E-state index in [-0.39, 0.29) is 22.6 Å². The summed E-state index contributed by atoms with van der Waals surface area (Å²) in [5.41, 5.74) is 0.351. The number of rotatable bonds is 6. The summed E-state index contributed by atoms with van der Waals surface area (Å²) in [6.45, 7) is 1.81. The molecule has 1 aromatic carbocycles. The van der Waals surface area contributed by atoms with Gasteiger partial charge in [0.2, 0.25) is 5.43 Å². The number of H-pyrrole nitrogens is 1. The molecular formula is C16H16ClFINO3. The van der Waals surface area contributed by atoms with Crippen LogP contribution in [0.4, 0.5) is 4.39 Å². The van der Waals surface area contributed by atoms with Crippen molar-refractivity contribution in [2.24, 2.45) is 0 Å². The van der Waals surface area contributed by atoms with Crippen molar-refractivity contribution in [3.8, 4) is 0 Å². The van der Waals surface area contributed by atoms with Crippen LogP contribution in [-0.4, -0.2) is 22.0 Å². The Kier molecular flexibility index (Phi) is 6.41. The van der Waals surface area contributed by atoms with Gasteiger partial charge in [-0.25, -0.2) is 9.18 Å². The van der Waals surface area contributed by atoms with Crippen molar-refractivity contribution in [1.82, 2.24) is 4.98 Å². The van der Waals surface area contributed by atoms with Crippen LogP contribution < -0.4 is 5.43 Å². The van der Waals surface area contributed by atoms with E-state index in [1.54, 1.807) is 6.92 Å². The molecule has 0 aliphatic carbocycles. The Hall–Kier alpha value is -1.15. The van der Waals surface area contributed by atoms with E-state index in [2.05, 4.69) is 27.6 Å². The monoisotopic (exact) mass is 451 g/mol. The molecule has 0 saturated heterocycles. The number of aromatic amines is 1. The second-order valence-electron chi connectivity index (χ2n) is 4.97. The Bertz CT molecular complexity index is 791. The van der Waals surface area contributed by atoms with E-state index in [1.807, 2.05) is 0 Å². The van der Waals surface area contributed by atoms with E-state index in [1.165, 1.54) is 6.20 Å². The Balaban J connectivity index is 2.60. The first-order valence-corrected chi connectivity index (χ1v) is 9.17. The Labute approximate surface area is 151 Å². The maximum absolute atomic E-state index is 14.1. The largest absolute Gasteiger partial charge is 0.462 e. The molecule has 23 heavy (non-hydrogen) atoms. The fourth-order valence-electron chi connectivity index (χ4n) is 2.37. The zero-order valence-corrected chi connectivity index (χ0v) is 15.5. The number of carbonyl (C=O) groups excluding carboxylic acids is 1. The summed E-state index contributed by atoms with van der Waals surface area (Å²) in [5.74, 6) is -1.38. The highest BCUT2D eigenvalue weighted by Gasteiger charge is 2.19. The van der Waals surface area contributed by atoms with E-state index >= 15 is 0 Å². The van der Waals surface area contributed by atoms with Gasteiger partial charge in [-0.3, -0.25) is 4.79 Å². The molecule has 2 rings (SSSR count). The minimum Gasteiger partial charge on any atom is -0.462 e. The zero-order valence-electron chi connectivity index (χ0n) is 12.5. The van der Waals surface area contributed by atoms with Gasteiger partial charge in [-0.15, -0.1) is 0 Å². The molecule has 0 amide bonds. The van der Waals surface area contributed by atoms with E-state index in [4.69, 9.17) is 16.3 Å². The lowest BCUT2D eigenvalue weighted by molar-refractivity contribution is 0.0524. The number of hydrogen-bond donors (Lipinski definition) is 1. The maximum atomic E-state index is 14.1. The molecule has 2 aromatic rings. The number of pyridine rings is 1. The number of unbranched alkanes of at least 4 members (excludes halogenated alkanes) is 1. The molecule has 0 aliphatic heterocycles. The SMILES string of the molecule is CCOC(=O)c1c[nH]c2c(CCCCI)c(Cl)c(F)cc2c1=O. The summed E-state index contributed by atoms with van der Waals surface area (Å²) in [4.78, 5) is 27.2. The van der Waals surface area contributed by atoms with Crippen LogP contribution in [0.25, 0.3) is 10.9 Å². The van der Waals surface area contributed by atoms with Gasteiger partial charge in [0.05, 0.1) is 17.1 Å². The predicted octanol–water partition coefficient (Wildman–Crippen LogP) is 4.26. The number of hydrogen-bond acceptors (Lipinski definition) is 3. The van der Waals surface area contributed by atoms with Gasteiger partial charge in [-0.05, 0) is 42.2 Å². The predicted molar refractivity (Wildman–Crippen MR) is 97.3 cm³/mol. The fraction of sp³-hybridized carbons (Fsp3) is 0.375. The van der Waals surface area contributed by atoms with E-state index < -0.39 is 17.2 Å². The number of alkyl halides is 1. The van der Waals surface area contributed by atoms with Gasteiger partial charge in [0.25, 0.3) is 0 Å². The molecule has 0 saturated carbocycles. The molecule has 0 atom stereocenters. The molecular weight excluding hydrogens is 436 g/mol. The molecule has 124 valence electrons. The molecule has 4 nitrogen and oxygen atoms in total. The van der Waals surface area contributed by atoms with Gasteiger partial charge < -0.3 is 9.72 Å². The average molecular weight is 452 g/mol. The molecule has 0 radical (unpaired) electrons. The number of benzene rings is 1. The molecule has 0 bridgehead atoms. The van der Waals surface area contributed by atoms with Gasteiger partial charge in [0, 0.05) is 11.6 Å². The highest BCUT2D eigenvalue weighted by atomic mass is 127. The van der Waals surface area contributed by atoms with Gasteiger partial charge in [0.15, 0.2) is 0 Å². The normalized spacial score (nSPS) is 11.0. The molecule has 0 aliphatic rings. The van der Waals surface area contributed by atoms with Crippen molar-refractivity contribution in [3.05, 3.63) is 44.5 Å². The number of nitrogens with one attached hydrogen (secondary N) is 1. The summed E-state index contributed by atoms with van der Waals surface area (Å²) < 4.78 is 19.9. The van der Waals surface area contributed by atoms with Crippen LogP contribution in [0.3, 0.4) is 0 Å². The van der Waals surface area contributed by atoms with Gasteiger partial charge in [-0.1, -0.05) is 34.2 Å². The third kappa shape index (κ3) is 3.85. The van der Waals surface area contributed by atoms with Crippen LogP contribution in [0.1, 0.15) is 35.7 Å². The van der Waals surface area contributed by atoms with Crippen LogP contribution in [0.5, 0.6) is 0 Å². The molecule has 7 heteroatoms. The number of aromatic nitrogens is 1. The quantitative estimate of drug-likeness (QED) is 0.309. The first kappa shape index (κ1) is 18.2. The molecule has 0 unspecified atom stereocenters. The van der Waals surface area contributed by atoms with Gasteiger partial charge in [-0.2, -0.15) is 0 Å². The number of aryl methyl sites for hydroxylation is 1. The van der Waals surface area contributed by atoms with Crippen molar-refractivity contribution in [2.45, 2.75) is 26.2 Å². The summed E-state index contributed by atoms with van der Waals surface area (Å²) in [5, 5.41) is 0.132. The average Bonchev–Trinajstić information content (AvgIpc) is 2.52. The van der Waals surface area contributed by atoms with Gasteiger partial charge >= 0.3 is 5.97 Å². The number of carbonyl (C=O) groups is 1. The van der Waals surface area contributed by atoms with Crippen LogP contribution in [-0.2, 0) is 11.2 Å². The molecule has 1 heterocycles. The zero-order chi connectivity index (χ0) is 17.0. The lowest BCUT2D eigenvalue weighted by Gasteiger charge is -2.11. The number of halogens is 3. The van der Waals surface area contributed by atoms with Crippen molar-refractivity contribution in [1.29, 1.82) is 0 Å². The van der Waals surface area contributed by atoms with E-state index in [9.17, 15) is 14.0 Å². The van der Waals surface area contributed by atoms with Crippen molar-refractivity contribution in [3.63, 3.8) is 0 Å². The molecule has 1 aromatic heterocycles. The Morgan fingerprint density at radius 1 is 1.43 bits per heavy atom. The van der Waals surface area contributed by atoms with Crippen LogP contribution in [0, 0.1) is 5.82 Å². The lowest BCUT2D eigenvalue weighted by atomic mass is 10.0. The maximum Gasteiger partial charge on any atom is 0.343 e. The number of fused-ring (bicyclic) bond motifs is 1. The lowest BCUT2D eigenvalue weighted by Crippen LogP contribution is -2.19. The third-order valence-electron chi connectivity index (χ3n) is 3.47. The summed E-state index contributed by atoms with van der Waals surface area (Å²) in [6, 6.07) is 1.07. The highest BCUT2D eigenvalue weighted by Crippen LogP contribution is 2.28. The van der Waals surface area contributed by atoms with Crippen LogP contribution in [0.15, 0.2) is 17.1 Å². The Morgan fingerprint density at radius 3 is 2.83 bits per heavy atom. The van der Waals surface area contributed by atoms with Crippen molar-refractivity contribution >= 4 is 51.1 Å². The topological polar surface area (TPSA) is 59.2 Å². The molecule has 0 fully saturated rings. The molecule has 0 spiro atoms. The third-order valence-corrected chi connectivity index (χ3v) is 4.64. The fourth-order valence-corrected chi connectivity index (χ4v) is 3.15. The second kappa shape index (κ2) is 8.10. The smallest absolute Gasteiger partial charge is 0.343 e. The van der Waals surface area contributed by atoms with Gasteiger partial charge in [0.1, 0.15) is 11.4 Å². The van der Waals surface area contributed by atoms with Crippen LogP contribution >= 0.6 is 34.2 Å². The first-order valence-electron chi connectivity index (χ1n) is 7.26. The second-order valence-corrected chi connectivity index (χ2v) is 6.43. The van der Waals surface area contributed by atoms with E-state index in [0.29, 0.717) is 17.5 Å². The summed E-state index contributed by atoms with van der Waals surface area (Å²) >= 11 is 8.34. The van der Waals surface area contributed by atoms with Crippen molar-refractivity contribution < 1.29 is 13.9 Å². The summed E-state index contributed by atoms with van der Waals surface area (Å²) in [7, 11) is 0. The Morgan fingerprint density at radius 2 is 2.17 bits per heavy atom. The summed E-state index contributed by atoms with van der Waals surface area (Å²) in [6.07, 6.45) is 3.67. The molecule has 1 N–H and O–H groups in total. The van der Waals surface area contributed by atoms with Crippen LogP contribution in [0.2, 0.25) is 5.02 Å². The number of ether oxygens (including phenoxy) is 1. The van der Waals surface area contributed by atoms with Crippen molar-refractivity contribution in [2.75, 3.05) is 11.0 Å². The minimum absolute atomic E-state index is 0.0190. The first-order chi connectivity index (χ1) is 11.0.